The highest BCUT2D eigenvalue weighted by Gasteiger charge is 2.41. The number of hydrogen-bond acceptors (Lipinski definition) is 5. The topological polar surface area (TPSA) is 84.0 Å². The number of carbonyl (C=O) groups is 2. The molecule has 1 aliphatic carbocycles. The largest absolute Gasteiger partial charge is 0.455 e. The van der Waals surface area contributed by atoms with Gasteiger partial charge >= 0.3 is 5.97 Å². The van der Waals surface area contributed by atoms with Crippen molar-refractivity contribution in [2.24, 2.45) is 11.8 Å². The zero-order valence-electron chi connectivity index (χ0n) is 16.9. The van der Waals surface area contributed by atoms with Crippen molar-refractivity contribution in [3.8, 4) is 0 Å². The molecule has 154 valence electrons. The molecule has 8 heteroatoms. The zero-order chi connectivity index (χ0) is 20.6. The number of benzene rings is 1. The lowest BCUT2D eigenvalue weighted by Gasteiger charge is -2.34. The van der Waals surface area contributed by atoms with Crippen molar-refractivity contribution in [2.45, 2.75) is 39.0 Å². The average molecular weight is 409 g/mol. The Morgan fingerprint density at radius 1 is 1.07 bits per heavy atom. The van der Waals surface area contributed by atoms with E-state index in [1.54, 1.807) is 4.90 Å². The summed E-state index contributed by atoms with van der Waals surface area (Å²) in [6, 6.07) is 3.74. The Kier molecular flexibility index (Phi) is 5.82. The van der Waals surface area contributed by atoms with Crippen LogP contribution in [0.5, 0.6) is 0 Å². The molecule has 1 saturated carbocycles. The van der Waals surface area contributed by atoms with Crippen molar-refractivity contribution in [3.63, 3.8) is 0 Å². The number of piperazine rings is 1. The van der Waals surface area contributed by atoms with Crippen LogP contribution in [0.2, 0.25) is 0 Å². The molecule has 28 heavy (non-hydrogen) atoms. The molecule has 1 aliphatic heterocycles. The summed E-state index contributed by atoms with van der Waals surface area (Å²) in [6.07, 6.45) is 0.821. The molecule has 0 N–H and O–H groups in total. The van der Waals surface area contributed by atoms with Crippen LogP contribution in [0.1, 0.15) is 30.0 Å². The SMILES string of the molecule is Cc1cc(C)c(S(=O)(=O)N2CCN(C(=O)COC(=O)[C@@H]3C[C@H]3C)CC2)c(C)c1. The maximum atomic E-state index is 13.1. The third kappa shape index (κ3) is 4.22. The van der Waals surface area contributed by atoms with Crippen LogP contribution in [-0.2, 0) is 24.3 Å². The van der Waals surface area contributed by atoms with Gasteiger partial charge < -0.3 is 9.64 Å². The zero-order valence-corrected chi connectivity index (χ0v) is 17.7. The monoisotopic (exact) mass is 408 g/mol. The van der Waals surface area contributed by atoms with Crippen molar-refractivity contribution in [1.29, 1.82) is 0 Å². The van der Waals surface area contributed by atoms with E-state index in [1.807, 2.05) is 39.8 Å². The molecule has 1 heterocycles. The number of sulfonamides is 1. The molecular formula is C20H28N2O5S. The van der Waals surface area contributed by atoms with Gasteiger partial charge in [0.2, 0.25) is 10.0 Å². The molecule has 1 amide bonds. The smallest absolute Gasteiger partial charge is 0.309 e. The third-order valence-electron chi connectivity index (χ3n) is 5.54. The molecule has 2 atom stereocenters. The van der Waals surface area contributed by atoms with Crippen molar-refractivity contribution >= 4 is 21.9 Å². The molecule has 0 spiro atoms. The van der Waals surface area contributed by atoms with Crippen LogP contribution in [0.15, 0.2) is 17.0 Å². The molecule has 0 unspecified atom stereocenters. The number of hydrogen-bond donors (Lipinski definition) is 0. The van der Waals surface area contributed by atoms with Crippen molar-refractivity contribution in [2.75, 3.05) is 32.8 Å². The van der Waals surface area contributed by atoms with Gasteiger partial charge in [0.25, 0.3) is 5.91 Å². The third-order valence-corrected chi connectivity index (χ3v) is 7.75. The van der Waals surface area contributed by atoms with E-state index in [4.69, 9.17) is 4.74 Å². The van der Waals surface area contributed by atoms with Crippen molar-refractivity contribution in [3.05, 3.63) is 28.8 Å². The average Bonchev–Trinajstić information content (AvgIpc) is 3.35. The number of amides is 1. The van der Waals surface area contributed by atoms with Gasteiger partial charge in [-0.2, -0.15) is 4.31 Å². The van der Waals surface area contributed by atoms with Crippen LogP contribution in [0.25, 0.3) is 0 Å². The minimum absolute atomic E-state index is 0.0734. The number of carbonyl (C=O) groups excluding carboxylic acids is 2. The van der Waals surface area contributed by atoms with E-state index in [0.717, 1.165) is 23.1 Å². The molecule has 2 aliphatic rings. The maximum Gasteiger partial charge on any atom is 0.309 e. The van der Waals surface area contributed by atoms with E-state index in [-0.39, 0.29) is 37.5 Å². The molecule has 1 saturated heterocycles. The highest BCUT2D eigenvalue weighted by molar-refractivity contribution is 7.89. The second-order valence-electron chi connectivity index (χ2n) is 7.94. The first-order valence-corrected chi connectivity index (χ1v) is 11.1. The van der Waals surface area contributed by atoms with E-state index in [2.05, 4.69) is 0 Å². The predicted octanol–water partition coefficient (Wildman–Crippen LogP) is 1.64. The van der Waals surface area contributed by atoms with E-state index >= 15 is 0 Å². The van der Waals surface area contributed by atoms with Crippen LogP contribution in [0.4, 0.5) is 0 Å². The van der Waals surface area contributed by atoms with Gasteiger partial charge in [0.15, 0.2) is 6.61 Å². The first kappa shape index (κ1) is 20.8. The van der Waals surface area contributed by atoms with Crippen LogP contribution in [-0.4, -0.2) is 62.3 Å². The van der Waals surface area contributed by atoms with Gasteiger partial charge in [-0.05, 0) is 44.2 Å². The summed E-state index contributed by atoms with van der Waals surface area (Å²) < 4.78 is 32.7. The van der Waals surface area contributed by atoms with Gasteiger partial charge in [-0.1, -0.05) is 24.6 Å². The quantitative estimate of drug-likeness (QED) is 0.692. The van der Waals surface area contributed by atoms with E-state index in [1.165, 1.54) is 4.31 Å². The molecule has 0 bridgehead atoms. The van der Waals surface area contributed by atoms with Gasteiger partial charge in [-0.25, -0.2) is 8.42 Å². The number of aryl methyl sites for hydroxylation is 3. The number of esters is 1. The normalized spacial score (nSPS) is 22.8. The molecule has 2 fully saturated rings. The fraction of sp³-hybridized carbons (Fsp3) is 0.600. The summed E-state index contributed by atoms with van der Waals surface area (Å²) in [4.78, 5) is 25.9. The van der Waals surface area contributed by atoms with Crippen LogP contribution in [0.3, 0.4) is 0 Å². The Morgan fingerprint density at radius 3 is 2.11 bits per heavy atom. The molecule has 1 aromatic rings. The highest BCUT2D eigenvalue weighted by Crippen LogP contribution is 2.38. The lowest BCUT2D eigenvalue weighted by Crippen LogP contribution is -2.51. The van der Waals surface area contributed by atoms with Crippen molar-refractivity contribution in [1.82, 2.24) is 9.21 Å². The Balaban J connectivity index is 1.58. The Labute approximate surface area is 166 Å². The maximum absolute atomic E-state index is 13.1. The van der Waals surface area contributed by atoms with E-state index < -0.39 is 10.0 Å². The first-order chi connectivity index (χ1) is 13.1. The fourth-order valence-corrected chi connectivity index (χ4v) is 5.70. The van der Waals surface area contributed by atoms with Gasteiger partial charge in [-0.3, -0.25) is 9.59 Å². The highest BCUT2D eigenvalue weighted by atomic mass is 32.2. The number of ether oxygens (including phenoxy) is 1. The van der Waals surface area contributed by atoms with Crippen molar-refractivity contribution < 1.29 is 22.7 Å². The van der Waals surface area contributed by atoms with Gasteiger partial charge in [0, 0.05) is 26.2 Å². The summed E-state index contributed by atoms with van der Waals surface area (Å²) >= 11 is 0. The standard InChI is InChI=1S/C20H28N2O5S/c1-13-9-15(3)19(16(4)10-13)28(25,26)22-7-5-21(6-8-22)18(23)12-27-20(24)17-11-14(17)2/h9-10,14,17H,5-8,11-12H2,1-4H3/t14-,17-/m1/s1. The van der Waals surface area contributed by atoms with Crippen LogP contribution in [0, 0.1) is 32.6 Å². The summed E-state index contributed by atoms with van der Waals surface area (Å²) in [5.41, 5.74) is 2.49. The Hall–Kier alpha value is -1.93. The lowest BCUT2D eigenvalue weighted by molar-refractivity contribution is -0.153. The summed E-state index contributed by atoms with van der Waals surface area (Å²) in [6.45, 7) is 8.30. The van der Waals surface area contributed by atoms with Crippen LogP contribution < -0.4 is 0 Å². The first-order valence-electron chi connectivity index (χ1n) is 9.63. The second-order valence-corrected chi connectivity index (χ2v) is 9.81. The van der Waals surface area contributed by atoms with Gasteiger partial charge in [0.1, 0.15) is 0 Å². The molecule has 1 aromatic carbocycles. The number of nitrogens with zero attached hydrogens (tertiary/aromatic N) is 2. The van der Waals surface area contributed by atoms with E-state index in [0.29, 0.717) is 23.9 Å². The van der Waals surface area contributed by atoms with E-state index in [9.17, 15) is 18.0 Å². The Morgan fingerprint density at radius 2 is 1.61 bits per heavy atom. The summed E-state index contributed by atoms with van der Waals surface area (Å²) in [5.74, 6) is -0.324. The Bertz CT molecular complexity index is 865. The van der Waals surface area contributed by atoms with Gasteiger partial charge in [0.05, 0.1) is 10.8 Å². The van der Waals surface area contributed by atoms with Crippen LogP contribution >= 0.6 is 0 Å². The molecule has 0 radical (unpaired) electrons. The second kappa shape index (κ2) is 7.83. The minimum atomic E-state index is -3.61. The predicted molar refractivity (Wildman–Crippen MR) is 104 cm³/mol. The lowest BCUT2D eigenvalue weighted by atomic mass is 10.1. The summed E-state index contributed by atoms with van der Waals surface area (Å²) in [5, 5.41) is 0. The molecule has 7 nitrogen and oxygen atoms in total. The van der Waals surface area contributed by atoms with Gasteiger partial charge in [-0.15, -0.1) is 0 Å². The number of rotatable bonds is 5. The molecular weight excluding hydrogens is 380 g/mol. The molecule has 3 rings (SSSR count). The fourth-order valence-electron chi connectivity index (χ4n) is 3.86. The molecule has 0 aromatic heterocycles. The minimum Gasteiger partial charge on any atom is -0.455 e. The summed E-state index contributed by atoms with van der Waals surface area (Å²) in [7, 11) is -3.61.